The zero-order chi connectivity index (χ0) is 12.1. The second kappa shape index (κ2) is 5.55. The highest BCUT2D eigenvalue weighted by Crippen LogP contribution is 2.15. The predicted octanol–water partition coefficient (Wildman–Crippen LogP) is 0.129. The lowest BCUT2D eigenvalue weighted by molar-refractivity contribution is 0.183. The molecule has 0 aliphatic heterocycles. The highest BCUT2D eigenvalue weighted by atomic mass is 16.5. The predicted molar refractivity (Wildman–Crippen MR) is 64.6 cm³/mol. The van der Waals surface area contributed by atoms with E-state index in [0.717, 1.165) is 17.8 Å². The van der Waals surface area contributed by atoms with E-state index in [9.17, 15) is 0 Å². The Kier molecular flexibility index (Phi) is 3.84. The van der Waals surface area contributed by atoms with Gasteiger partial charge in [0.15, 0.2) is 11.5 Å². The van der Waals surface area contributed by atoms with Crippen LogP contribution in [0.25, 0.3) is 11.2 Å². The fraction of sp³-hybridized carbons (Fsp3) is 0.500. The maximum atomic E-state index is 5.56. The van der Waals surface area contributed by atoms with Crippen molar-refractivity contribution in [2.24, 2.45) is 5.73 Å². The summed E-state index contributed by atoms with van der Waals surface area (Å²) >= 11 is 0. The zero-order valence-electron chi connectivity index (χ0n) is 9.68. The van der Waals surface area contributed by atoms with Crippen LogP contribution in [-0.4, -0.2) is 46.2 Å². The molecule has 0 amide bonds. The van der Waals surface area contributed by atoms with Crippen molar-refractivity contribution in [3.8, 4) is 0 Å². The summed E-state index contributed by atoms with van der Waals surface area (Å²) in [5.41, 5.74) is 7.00. The SMILES string of the molecule is COCC(CCN)Nc1ncnc2nc[nH]c12. The molecule has 92 valence electrons. The molecular formula is C10H16N6O. The van der Waals surface area contributed by atoms with Crippen LogP contribution in [0.3, 0.4) is 0 Å². The van der Waals surface area contributed by atoms with Crippen LogP contribution >= 0.6 is 0 Å². The van der Waals surface area contributed by atoms with Crippen molar-refractivity contribution >= 4 is 17.0 Å². The maximum Gasteiger partial charge on any atom is 0.182 e. The largest absolute Gasteiger partial charge is 0.383 e. The van der Waals surface area contributed by atoms with Gasteiger partial charge in [-0.2, -0.15) is 0 Å². The van der Waals surface area contributed by atoms with E-state index in [-0.39, 0.29) is 6.04 Å². The second-order valence-electron chi connectivity index (χ2n) is 3.70. The zero-order valence-corrected chi connectivity index (χ0v) is 9.68. The Morgan fingerprint density at radius 1 is 1.47 bits per heavy atom. The topological polar surface area (TPSA) is 102 Å². The van der Waals surface area contributed by atoms with Gasteiger partial charge in [-0.05, 0) is 13.0 Å². The molecule has 0 aliphatic carbocycles. The third kappa shape index (κ3) is 2.69. The van der Waals surface area contributed by atoms with E-state index in [0.29, 0.717) is 18.8 Å². The molecule has 0 saturated carbocycles. The minimum atomic E-state index is 0.131. The van der Waals surface area contributed by atoms with Crippen LogP contribution in [0.2, 0.25) is 0 Å². The molecule has 0 saturated heterocycles. The number of nitrogens with zero attached hydrogens (tertiary/aromatic N) is 3. The molecule has 0 spiro atoms. The van der Waals surface area contributed by atoms with Crippen molar-refractivity contribution < 1.29 is 4.74 Å². The molecule has 2 aromatic rings. The van der Waals surface area contributed by atoms with Gasteiger partial charge < -0.3 is 20.8 Å². The van der Waals surface area contributed by atoms with E-state index in [2.05, 4.69) is 25.3 Å². The van der Waals surface area contributed by atoms with E-state index >= 15 is 0 Å². The van der Waals surface area contributed by atoms with Crippen LogP contribution in [-0.2, 0) is 4.74 Å². The van der Waals surface area contributed by atoms with Gasteiger partial charge in [0.05, 0.1) is 19.0 Å². The Balaban J connectivity index is 2.18. The van der Waals surface area contributed by atoms with E-state index < -0.39 is 0 Å². The van der Waals surface area contributed by atoms with Gasteiger partial charge in [0, 0.05) is 7.11 Å². The Labute approximate surface area is 98.8 Å². The van der Waals surface area contributed by atoms with Gasteiger partial charge in [-0.1, -0.05) is 0 Å². The van der Waals surface area contributed by atoms with Crippen molar-refractivity contribution in [1.82, 2.24) is 19.9 Å². The number of fused-ring (bicyclic) bond motifs is 1. The number of aromatic nitrogens is 4. The first-order chi connectivity index (χ1) is 8.35. The molecule has 0 radical (unpaired) electrons. The molecule has 4 N–H and O–H groups in total. The van der Waals surface area contributed by atoms with Crippen molar-refractivity contribution in [1.29, 1.82) is 0 Å². The summed E-state index contributed by atoms with van der Waals surface area (Å²) in [5, 5.41) is 3.28. The van der Waals surface area contributed by atoms with E-state index in [4.69, 9.17) is 10.5 Å². The molecule has 2 heterocycles. The van der Waals surface area contributed by atoms with Gasteiger partial charge >= 0.3 is 0 Å². The molecule has 1 atom stereocenters. The smallest absolute Gasteiger partial charge is 0.182 e. The number of imidazole rings is 1. The fourth-order valence-electron chi connectivity index (χ4n) is 1.67. The first kappa shape index (κ1) is 11.7. The summed E-state index contributed by atoms with van der Waals surface area (Å²) in [6, 6.07) is 0.131. The Bertz CT molecular complexity index is 465. The van der Waals surface area contributed by atoms with Crippen LogP contribution in [0.15, 0.2) is 12.7 Å². The number of H-pyrrole nitrogens is 1. The van der Waals surface area contributed by atoms with E-state index in [1.165, 1.54) is 6.33 Å². The van der Waals surface area contributed by atoms with Gasteiger partial charge in [-0.25, -0.2) is 15.0 Å². The van der Waals surface area contributed by atoms with Gasteiger partial charge in [0.25, 0.3) is 0 Å². The van der Waals surface area contributed by atoms with Gasteiger partial charge in [-0.15, -0.1) is 0 Å². The van der Waals surface area contributed by atoms with Crippen molar-refractivity contribution in [2.75, 3.05) is 25.6 Å². The second-order valence-corrected chi connectivity index (χ2v) is 3.70. The van der Waals surface area contributed by atoms with Crippen molar-refractivity contribution in [3.63, 3.8) is 0 Å². The number of aromatic amines is 1. The molecule has 0 bridgehead atoms. The number of hydrogen-bond donors (Lipinski definition) is 3. The third-order valence-electron chi connectivity index (χ3n) is 2.45. The minimum Gasteiger partial charge on any atom is -0.383 e. The molecule has 1 unspecified atom stereocenters. The number of nitrogens with two attached hydrogens (primary N) is 1. The van der Waals surface area contributed by atoms with Gasteiger partial charge in [0.2, 0.25) is 0 Å². The molecule has 2 aromatic heterocycles. The first-order valence-corrected chi connectivity index (χ1v) is 5.44. The maximum absolute atomic E-state index is 5.56. The van der Waals surface area contributed by atoms with Crippen molar-refractivity contribution in [2.45, 2.75) is 12.5 Å². The Hall–Kier alpha value is -1.73. The minimum absolute atomic E-state index is 0.131. The number of ether oxygens (including phenoxy) is 1. The lowest BCUT2D eigenvalue weighted by Gasteiger charge is -2.17. The van der Waals surface area contributed by atoms with E-state index in [1.807, 2.05) is 0 Å². The van der Waals surface area contributed by atoms with E-state index in [1.54, 1.807) is 13.4 Å². The number of nitrogens with one attached hydrogen (secondary N) is 2. The number of rotatable bonds is 6. The normalized spacial score (nSPS) is 12.8. The van der Waals surface area contributed by atoms with Crippen molar-refractivity contribution in [3.05, 3.63) is 12.7 Å². The lowest BCUT2D eigenvalue weighted by Crippen LogP contribution is -2.28. The summed E-state index contributed by atoms with van der Waals surface area (Å²) in [5.74, 6) is 0.725. The summed E-state index contributed by atoms with van der Waals surface area (Å²) in [4.78, 5) is 15.3. The average Bonchev–Trinajstić information content (AvgIpc) is 2.79. The fourth-order valence-corrected chi connectivity index (χ4v) is 1.67. The monoisotopic (exact) mass is 236 g/mol. The standard InChI is InChI=1S/C10H16N6O/c1-17-4-7(2-3-11)16-10-8-9(13-5-12-8)14-6-15-10/h5-7H,2-4,11H2,1H3,(H2,12,13,14,15,16). The van der Waals surface area contributed by atoms with Crippen LogP contribution in [0.4, 0.5) is 5.82 Å². The lowest BCUT2D eigenvalue weighted by atomic mass is 10.2. The Morgan fingerprint density at radius 3 is 3.12 bits per heavy atom. The highest BCUT2D eigenvalue weighted by Gasteiger charge is 2.11. The average molecular weight is 236 g/mol. The summed E-state index contributed by atoms with van der Waals surface area (Å²) in [7, 11) is 1.66. The molecular weight excluding hydrogens is 220 g/mol. The molecule has 2 rings (SSSR count). The van der Waals surface area contributed by atoms with Crippen LogP contribution < -0.4 is 11.1 Å². The summed E-state index contributed by atoms with van der Waals surface area (Å²) in [6.07, 6.45) is 3.89. The van der Waals surface area contributed by atoms with Crippen LogP contribution in [0.1, 0.15) is 6.42 Å². The quantitative estimate of drug-likeness (QED) is 0.659. The summed E-state index contributed by atoms with van der Waals surface area (Å²) in [6.45, 7) is 1.18. The number of methoxy groups -OCH3 is 1. The van der Waals surface area contributed by atoms with Gasteiger partial charge in [-0.3, -0.25) is 0 Å². The number of hydrogen-bond acceptors (Lipinski definition) is 6. The number of anilines is 1. The summed E-state index contributed by atoms with van der Waals surface area (Å²) < 4.78 is 5.13. The first-order valence-electron chi connectivity index (χ1n) is 5.44. The van der Waals surface area contributed by atoms with Crippen LogP contribution in [0.5, 0.6) is 0 Å². The van der Waals surface area contributed by atoms with Gasteiger partial charge in [0.1, 0.15) is 11.8 Å². The molecule has 0 aromatic carbocycles. The van der Waals surface area contributed by atoms with Crippen LogP contribution in [0, 0.1) is 0 Å². The highest BCUT2D eigenvalue weighted by molar-refractivity contribution is 5.82. The Morgan fingerprint density at radius 2 is 2.35 bits per heavy atom. The third-order valence-corrected chi connectivity index (χ3v) is 2.45. The molecule has 7 nitrogen and oxygen atoms in total. The molecule has 7 heteroatoms. The molecule has 0 fully saturated rings. The molecule has 17 heavy (non-hydrogen) atoms. The molecule has 0 aliphatic rings.